The molecule has 2 aromatic heterocycles. The van der Waals surface area contributed by atoms with Crippen LogP contribution >= 0.6 is 23.1 Å². The molecule has 0 saturated heterocycles. The van der Waals surface area contributed by atoms with Crippen LogP contribution in [0.5, 0.6) is 0 Å². The van der Waals surface area contributed by atoms with Crippen LogP contribution < -0.4 is 0 Å². The molecule has 0 N–H and O–H groups in total. The van der Waals surface area contributed by atoms with Crippen molar-refractivity contribution in [3.05, 3.63) is 29.7 Å². The average molecular weight is 269 g/mol. The van der Waals surface area contributed by atoms with E-state index < -0.39 is 0 Å². The molecule has 0 fully saturated rings. The van der Waals surface area contributed by atoms with Crippen LogP contribution in [0.1, 0.15) is 10.5 Å². The van der Waals surface area contributed by atoms with E-state index in [4.69, 9.17) is 9.15 Å². The lowest BCUT2D eigenvalue weighted by molar-refractivity contribution is 0.0524. The first-order valence-electron chi connectivity index (χ1n) is 4.95. The van der Waals surface area contributed by atoms with Crippen LogP contribution in [0.3, 0.4) is 0 Å². The fourth-order valence-corrected chi connectivity index (χ4v) is 2.20. The molecule has 0 aliphatic heterocycles. The van der Waals surface area contributed by atoms with Crippen LogP contribution in [-0.4, -0.2) is 29.6 Å². The van der Waals surface area contributed by atoms with Crippen LogP contribution in [-0.2, 0) is 4.74 Å². The van der Waals surface area contributed by atoms with E-state index in [1.807, 2.05) is 12.3 Å². The van der Waals surface area contributed by atoms with Crippen molar-refractivity contribution >= 4 is 29.1 Å². The highest BCUT2D eigenvalue weighted by Crippen LogP contribution is 2.24. The number of carbonyl (C=O) groups is 1. The van der Waals surface area contributed by atoms with E-state index in [2.05, 4.69) is 4.98 Å². The number of nitrogens with zero attached hydrogens (tertiary/aromatic N) is 1. The first kappa shape index (κ1) is 12.2. The molecule has 0 atom stereocenters. The number of esters is 1. The third-order valence-electron chi connectivity index (χ3n) is 2.00. The van der Waals surface area contributed by atoms with Gasteiger partial charge in [-0.05, 0) is 12.3 Å². The second-order valence-electron chi connectivity index (χ2n) is 3.18. The number of hydrogen-bond donors (Lipinski definition) is 0. The van der Waals surface area contributed by atoms with Crippen LogP contribution in [0.2, 0.25) is 0 Å². The highest BCUT2D eigenvalue weighted by atomic mass is 32.2. The molecule has 0 aromatic carbocycles. The molecule has 2 heterocycles. The Morgan fingerprint density at radius 2 is 2.53 bits per heavy atom. The smallest absolute Gasteiger partial charge is 0.357 e. The summed E-state index contributed by atoms with van der Waals surface area (Å²) in [6.07, 6.45) is 5.14. The molecule has 6 heteroatoms. The van der Waals surface area contributed by atoms with Crippen molar-refractivity contribution in [3.8, 4) is 10.6 Å². The minimum Gasteiger partial charge on any atom is -0.472 e. The molecule has 0 spiro atoms. The number of thioether (sulfide) groups is 1. The Morgan fingerprint density at radius 1 is 1.65 bits per heavy atom. The summed E-state index contributed by atoms with van der Waals surface area (Å²) in [6, 6.07) is 1.81. The Bertz CT molecular complexity index is 479. The first-order chi connectivity index (χ1) is 8.31. The minimum atomic E-state index is -0.370. The second-order valence-corrected chi connectivity index (χ2v) is 5.02. The van der Waals surface area contributed by atoms with Crippen molar-refractivity contribution in [3.63, 3.8) is 0 Å². The van der Waals surface area contributed by atoms with Gasteiger partial charge in [-0.15, -0.1) is 11.3 Å². The largest absolute Gasteiger partial charge is 0.472 e. The van der Waals surface area contributed by atoms with Gasteiger partial charge in [-0.25, -0.2) is 9.78 Å². The van der Waals surface area contributed by atoms with Crippen molar-refractivity contribution in [2.45, 2.75) is 0 Å². The Hall–Kier alpha value is -1.27. The van der Waals surface area contributed by atoms with Gasteiger partial charge in [0.25, 0.3) is 0 Å². The Labute approximate surface area is 107 Å². The molecule has 17 heavy (non-hydrogen) atoms. The summed E-state index contributed by atoms with van der Waals surface area (Å²) < 4.78 is 10.0. The highest BCUT2D eigenvalue weighted by Gasteiger charge is 2.13. The number of hydrogen-bond acceptors (Lipinski definition) is 6. The van der Waals surface area contributed by atoms with Gasteiger partial charge in [0.1, 0.15) is 17.9 Å². The maximum atomic E-state index is 11.6. The molecule has 90 valence electrons. The Kier molecular flexibility index (Phi) is 4.22. The molecule has 0 radical (unpaired) electrons. The van der Waals surface area contributed by atoms with Gasteiger partial charge in [0.15, 0.2) is 5.69 Å². The minimum absolute atomic E-state index is 0.354. The van der Waals surface area contributed by atoms with Crippen molar-refractivity contribution in [1.29, 1.82) is 0 Å². The number of aromatic nitrogens is 1. The maximum absolute atomic E-state index is 11.6. The second kappa shape index (κ2) is 5.88. The van der Waals surface area contributed by atoms with Gasteiger partial charge in [0.05, 0.1) is 6.26 Å². The summed E-state index contributed by atoms with van der Waals surface area (Å²) in [5.74, 6) is 0.426. The van der Waals surface area contributed by atoms with Gasteiger partial charge in [0, 0.05) is 16.7 Å². The summed E-state index contributed by atoms with van der Waals surface area (Å²) in [6.45, 7) is 0.415. The van der Waals surface area contributed by atoms with Crippen molar-refractivity contribution in [2.24, 2.45) is 0 Å². The average Bonchev–Trinajstić information content (AvgIpc) is 3.00. The van der Waals surface area contributed by atoms with Crippen LogP contribution in [0.15, 0.2) is 28.4 Å². The van der Waals surface area contributed by atoms with Gasteiger partial charge in [-0.2, -0.15) is 11.8 Å². The Morgan fingerprint density at radius 3 is 3.24 bits per heavy atom. The molecular formula is C11H11NO3S2. The third kappa shape index (κ3) is 3.10. The molecule has 0 unspecified atom stereocenters. The van der Waals surface area contributed by atoms with E-state index in [9.17, 15) is 4.79 Å². The molecule has 0 amide bonds. The number of thiazole rings is 1. The SMILES string of the molecule is CSCCOC(=O)c1csc(-c2ccoc2)n1. The predicted octanol–water partition coefficient (Wildman–Crippen LogP) is 2.92. The molecule has 0 aliphatic rings. The van der Waals surface area contributed by atoms with Crippen molar-refractivity contribution in [2.75, 3.05) is 18.6 Å². The first-order valence-corrected chi connectivity index (χ1v) is 7.23. The number of carbonyl (C=O) groups excluding carboxylic acids is 1. The third-order valence-corrected chi connectivity index (χ3v) is 3.47. The van der Waals surface area contributed by atoms with Gasteiger partial charge < -0.3 is 9.15 Å². The summed E-state index contributed by atoms with van der Waals surface area (Å²) >= 11 is 3.03. The summed E-state index contributed by atoms with van der Waals surface area (Å²) in [4.78, 5) is 15.8. The lowest BCUT2D eigenvalue weighted by Crippen LogP contribution is -2.08. The van der Waals surface area contributed by atoms with Crippen LogP contribution in [0.25, 0.3) is 10.6 Å². The molecular weight excluding hydrogens is 258 g/mol. The fourth-order valence-electron chi connectivity index (χ4n) is 1.18. The molecule has 2 aromatic rings. The highest BCUT2D eigenvalue weighted by molar-refractivity contribution is 7.98. The lowest BCUT2D eigenvalue weighted by Gasteiger charge is -1.99. The number of rotatable bonds is 5. The fraction of sp³-hybridized carbons (Fsp3) is 0.273. The van der Waals surface area contributed by atoms with E-state index in [1.165, 1.54) is 11.3 Å². The molecule has 0 aliphatic carbocycles. The van der Waals surface area contributed by atoms with Crippen LogP contribution in [0.4, 0.5) is 0 Å². The standard InChI is InChI=1S/C11H11NO3S2/c1-16-5-4-15-11(13)9-7-17-10(12-9)8-2-3-14-6-8/h2-3,6-7H,4-5H2,1H3. The molecule has 4 nitrogen and oxygen atoms in total. The zero-order chi connectivity index (χ0) is 12.1. The Balaban J connectivity index is 2.01. The van der Waals surface area contributed by atoms with E-state index in [0.29, 0.717) is 12.3 Å². The van der Waals surface area contributed by atoms with E-state index >= 15 is 0 Å². The molecule has 2 rings (SSSR count). The monoisotopic (exact) mass is 269 g/mol. The number of furan rings is 1. The van der Waals surface area contributed by atoms with Gasteiger partial charge in [0.2, 0.25) is 0 Å². The summed E-state index contributed by atoms with van der Waals surface area (Å²) in [5, 5.41) is 2.46. The normalized spacial score (nSPS) is 10.4. The number of ether oxygens (including phenoxy) is 1. The predicted molar refractivity (Wildman–Crippen MR) is 68.5 cm³/mol. The van der Waals surface area contributed by atoms with E-state index in [1.54, 1.807) is 29.7 Å². The topological polar surface area (TPSA) is 52.3 Å². The summed E-state index contributed by atoms with van der Waals surface area (Å²) in [7, 11) is 0. The molecule has 0 bridgehead atoms. The lowest BCUT2D eigenvalue weighted by atomic mass is 10.3. The maximum Gasteiger partial charge on any atom is 0.357 e. The van der Waals surface area contributed by atoms with Gasteiger partial charge in [-0.1, -0.05) is 0 Å². The van der Waals surface area contributed by atoms with E-state index in [-0.39, 0.29) is 5.97 Å². The van der Waals surface area contributed by atoms with Gasteiger partial charge >= 0.3 is 5.97 Å². The van der Waals surface area contributed by atoms with Crippen LogP contribution in [0, 0.1) is 0 Å². The zero-order valence-electron chi connectivity index (χ0n) is 9.21. The molecule has 0 saturated carbocycles. The van der Waals surface area contributed by atoms with Gasteiger partial charge in [-0.3, -0.25) is 0 Å². The summed E-state index contributed by atoms with van der Waals surface area (Å²) in [5.41, 5.74) is 1.23. The quantitative estimate of drug-likeness (QED) is 0.617. The van der Waals surface area contributed by atoms with E-state index in [0.717, 1.165) is 16.3 Å². The van der Waals surface area contributed by atoms with Crippen molar-refractivity contribution in [1.82, 2.24) is 4.98 Å². The van der Waals surface area contributed by atoms with Crippen molar-refractivity contribution < 1.29 is 13.9 Å². The zero-order valence-corrected chi connectivity index (χ0v) is 10.8.